The van der Waals surface area contributed by atoms with E-state index in [0.717, 1.165) is 51.0 Å². The summed E-state index contributed by atoms with van der Waals surface area (Å²) in [5, 5.41) is 0. The topological polar surface area (TPSA) is 37.8 Å². The van der Waals surface area contributed by atoms with E-state index in [0.29, 0.717) is 0 Å². The summed E-state index contributed by atoms with van der Waals surface area (Å²) < 4.78 is 11.5. The summed E-state index contributed by atoms with van der Waals surface area (Å²) in [5.74, 6) is 1.83. The number of fused-ring (bicyclic) bond motifs is 1. The van der Waals surface area contributed by atoms with Gasteiger partial charge in [-0.05, 0) is 24.6 Å². The van der Waals surface area contributed by atoms with Crippen molar-refractivity contribution in [3.8, 4) is 5.75 Å². The second-order valence-corrected chi connectivity index (χ2v) is 6.75. The van der Waals surface area contributed by atoms with Gasteiger partial charge in [0.15, 0.2) is 11.6 Å². The van der Waals surface area contributed by atoms with Crippen LogP contribution in [0.5, 0.6) is 5.75 Å². The molecular formula is C20H25N3O2. The van der Waals surface area contributed by atoms with Crippen LogP contribution >= 0.6 is 0 Å². The number of anilines is 1. The maximum Gasteiger partial charge on any atom is 0.172 e. The van der Waals surface area contributed by atoms with Crippen LogP contribution in [0.3, 0.4) is 0 Å². The molecule has 4 rings (SSSR count). The van der Waals surface area contributed by atoms with E-state index in [2.05, 4.69) is 52.0 Å². The molecule has 2 aromatic rings. The van der Waals surface area contributed by atoms with Crippen molar-refractivity contribution in [3.63, 3.8) is 0 Å². The Hall–Kier alpha value is -2.11. The van der Waals surface area contributed by atoms with Gasteiger partial charge in [0.1, 0.15) is 6.10 Å². The van der Waals surface area contributed by atoms with Gasteiger partial charge in [0, 0.05) is 25.8 Å². The van der Waals surface area contributed by atoms with Crippen LogP contribution in [0.1, 0.15) is 18.5 Å². The zero-order valence-electron chi connectivity index (χ0n) is 14.7. The summed E-state index contributed by atoms with van der Waals surface area (Å²) >= 11 is 0. The molecule has 5 heteroatoms. The van der Waals surface area contributed by atoms with Gasteiger partial charge in [0.05, 0.1) is 25.8 Å². The third-order valence-corrected chi connectivity index (χ3v) is 4.90. The van der Waals surface area contributed by atoms with Crippen molar-refractivity contribution in [1.82, 2.24) is 9.88 Å². The Balaban J connectivity index is 1.67. The highest BCUT2D eigenvalue weighted by Gasteiger charge is 2.32. The number of pyridine rings is 1. The van der Waals surface area contributed by atoms with Crippen LogP contribution in [-0.2, 0) is 4.74 Å². The van der Waals surface area contributed by atoms with Crippen molar-refractivity contribution in [1.29, 1.82) is 0 Å². The van der Waals surface area contributed by atoms with E-state index >= 15 is 0 Å². The highest BCUT2D eigenvalue weighted by Crippen LogP contribution is 2.37. The van der Waals surface area contributed by atoms with Crippen LogP contribution < -0.4 is 9.64 Å². The smallest absolute Gasteiger partial charge is 0.172 e. The number of hydrogen-bond acceptors (Lipinski definition) is 5. The van der Waals surface area contributed by atoms with Gasteiger partial charge in [-0.3, -0.25) is 4.90 Å². The molecule has 0 aliphatic carbocycles. The number of rotatable bonds is 4. The molecule has 0 N–H and O–H groups in total. The molecule has 0 saturated carbocycles. The maximum absolute atomic E-state index is 6.00. The molecule has 2 aliphatic rings. The zero-order chi connectivity index (χ0) is 17.1. The molecule has 0 radical (unpaired) electrons. The Morgan fingerprint density at radius 2 is 1.92 bits per heavy atom. The molecular weight excluding hydrogens is 314 g/mol. The molecule has 2 aliphatic heterocycles. The van der Waals surface area contributed by atoms with Crippen LogP contribution in [0.15, 0.2) is 48.7 Å². The van der Waals surface area contributed by atoms with E-state index < -0.39 is 0 Å². The van der Waals surface area contributed by atoms with Gasteiger partial charge in [-0.2, -0.15) is 0 Å². The molecule has 2 unspecified atom stereocenters. The minimum Gasteiger partial charge on any atom is -0.485 e. The number of benzene rings is 1. The van der Waals surface area contributed by atoms with Gasteiger partial charge in [-0.25, -0.2) is 4.98 Å². The molecule has 1 fully saturated rings. The Morgan fingerprint density at radius 3 is 2.72 bits per heavy atom. The molecule has 2 atom stereocenters. The van der Waals surface area contributed by atoms with Crippen LogP contribution in [0.25, 0.3) is 0 Å². The van der Waals surface area contributed by atoms with Crippen molar-refractivity contribution in [2.24, 2.45) is 0 Å². The lowest BCUT2D eigenvalue weighted by Crippen LogP contribution is -2.47. The molecule has 3 heterocycles. The maximum atomic E-state index is 6.00. The molecule has 5 nitrogen and oxygen atoms in total. The molecule has 0 amide bonds. The first-order chi connectivity index (χ1) is 12.3. The second-order valence-electron chi connectivity index (χ2n) is 6.75. The van der Waals surface area contributed by atoms with Crippen molar-refractivity contribution in [3.05, 3.63) is 54.2 Å². The third kappa shape index (κ3) is 3.62. The number of hydrogen-bond donors (Lipinski definition) is 0. The minimum atomic E-state index is 0.146. The van der Waals surface area contributed by atoms with Crippen LogP contribution in [0, 0.1) is 0 Å². The fourth-order valence-corrected chi connectivity index (χ4v) is 3.67. The summed E-state index contributed by atoms with van der Waals surface area (Å²) in [5.41, 5.74) is 1.32. The lowest BCUT2D eigenvalue weighted by molar-refractivity contribution is 0.0342. The number of nitrogens with zero attached hydrogens (tertiary/aromatic N) is 3. The first-order valence-electron chi connectivity index (χ1n) is 9.04. The van der Waals surface area contributed by atoms with E-state index in [4.69, 9.17) is 9.47 Å². The Labute approximate surface area is 149 Å². The van der Waals surface area contributed by atoms with E-state index in [1.54, 1.807) is 0 Å². The number of morpholine rings is 1. The van der Waals surface area contributed by atoms with Gasteiger partial charge >= 0.3 is 0 Å². The minimum absolute atomic E-state index is 0.146. The Morgan fingerprint density at radius 1 is 1.12 bits per heavy atom. The molecule has 0 bridgehead atoms. The average Bonchev–Trinajstić information content (AvgIpc) is 2.67. The largest absolute Gasteiger partial charge is 0.485 e. The van der Waals surface area contributed by atoms with E-state index in [9.17, 15) is 0 Å². The van der Waals surface area contributed by atoms with Gasteiger partial charge in [0.2, 0.25) is 0 Å². The summed E-state index contributed by atoms with van der Waals surface area (Å²) in [4.78, 5) is 9.53. The predicted molar refractivity (Wildman–Crippen MR) is 98.1 cm³/mol. The van der Waals surface area contributed by atoms with Crippen molar-refractivity contribution in [2.45, 2.75) is 19.1 Å². The van der Waals surface area contributed by atoms with Crippen LogP contribution in [0.4, 0.5) is 5.82 Å². The SMILES string of the molecule is CC1CN(C(CN2CCOCC2)c2ccccc2)c2ncccc2O1. The monoisotopic (exact) mass is 339 g/mol. The van der Waals surface area contributed by atoms with E-state index in [1.807, 2.05) is 18.3 Å². The highest BCUT2D eigenvalue weighted by atomic mass is 16.5. The molecule has 1 saturated heterocycles. The fourth-order valence-electron chi connectivity index (χ4n) is 3.67. The summed E-state index contributed by atoms with van der Waals surface area (Å²) in [6.45, 7) is 7.53. The lowest BCUT2D eigenvalue weighted by atomic mass is 10.0. The number of aromatic nitrogens is 1. The lowest BCUT2D eigenvalue weighted by Gasteiger charge is -2.41. The molecule has 132 valence electrons. The first kappa shape index (κ1) is 16.4. The third-order valence-electron chi connectivity index (χ3n) is 4.90. The Bertz CT molecular complexity index is 688. The number of ether oxygens (including phenoxy) is 2. The van der Waals surface area contributed by atoms with Gasteiger partial charge < -0.3 is 14.4 Å². The van der Waals surface area contributed by atoms with Crippen LogP contribution in [-0.4, -0.2) is 55.4 Å². The first-order valence-corrected chi connectivity index (χ1v) is 9.04. The molecule has 1 aromatic carbocycles. The summed E-state index contributed by atoms with van der Waals surface area (Å²) in [6, 6.07) is 14.9. The molecule has 0 spiro atoms. The highest BCUT2D eigenvalue weighted by molar-refractivity contribution is 5.56. The fraction of sp³-hybridized carbons (Fsp3) is 0.450. The summed E-state index contributed by atoms with van der Waals surface area (Å²) in [7, 11) is 0. The second kappa shape index (κ2) is 7.42. The summed E-state index contributed by atoms with van der Waals surface area (Å²) in [6.07, 6.45) is 2.00. The quantitative estimate of drug-likeness (QED) is 0.856. The molecule has 25 heavy (non-hydrogen) atoms. The van der Waals surface area contributed by atoms with Crippen LogP contribution in [0.2, 0.25) is 0 Å². The zero-order valence-corrected chi connectivity index (χ0v) is 14.7. The van der Waals surface area contributed by atoms with E-state index in [1.165, 1.54) is 5.56 Å². The van der Waals surface area contributed by atoms with Gasteiger partial charge in [-0.15, -0.1) is 0 Å². The normalized spacial score (nSPS) is 22.1. The van der Waals surface area contributed by atoms with Gasteiger partial charge in [-0.1, -0.05) is 30.3 Å². The molecule has 1 aromatic heterocycles. The standard InChI is InChI=1S/C20H25N3O2/c1-16-14-23(20-19(25-16)8-5-9-21-20)18(17-6-3-2-4-7-17)15-22-10-12-24-13-11-22/h2-9,16,18H,10-15H2,1H3. The van der Waals surface area contributed by atoms with E-state index in [-0.39, 0.29) is 12.1 Å². The van der Waals surface area contributed by atoms with Crippen molar-refractivity contribution >= 4 is 5.82 Å². The Kier molecular flexibility index (Phi) is 4.85. The van der Waals surface area contributed by atoms with Crippen molar-refractivity contribution in [2.75, 3.05) is 44.3 Å². The van der Waals surface area contributed by atoms with Crippen molar-refractivity contribution < 1.29 is 9.47 Å². The predicted octanol–water partition coefficient (Wildman–Crippen LogP) is 2.74. The van der Waals surface area contributed by atoms with Gasteiger partial charge in [0.25, 0.3) is 0 Å². The average molecular weight is 339 g/mol.